The van der Waals surface area contributed by atoms with E-state index in [1.165, 1.54) is 0 Å². The number of aryl methyl sites for hydroxylation is 1. The SMILES string of the molecule is COc1ccc(/C(C)=N\NC(=O)c2cc(-c3c(C)nn(-c4ccccc4)c3C)n[nH]2)cc1OC. The van der Waals surface area contributed by atoms with Gasteiger partial charge in [0.2, 0.25) is 0 Å². The summed E-state index contributed by atoms with van der Waals surface area (Å²) in [5.41, 5.74) is 8.52. The molecule has 0 aliphatic carbocycles. The summed E-state index contributed by atoms with van der Waals surface area (Å²) in [5, 5.41) is 16.0. The van der Waals surface area contributed by atoms with Gasteiger partial charge in [0.15, 0.2) is 11.5 Å². The van der Waals surface area contributed by atoms with Gasteiger partial charge in [-0.25, -0.2) is 10.1 Å². The molecular weight excluding hydrogens is 432 g/mol. The van der Waals surface area contributed by atoms with Crippen molar-refractivity contribution in [3.05, 3.63) is 77.2 Å². The number of rotatable bonds is 7. The second kappa shape index (κ2) is 9.62. The fourth-order valence-corrected chi connectivity index (χ4v) is 3.72. The molecule has 2 heterocycles. The van der Waals surface area contributed by atoms with E-state index in [9.17, 15) is 4.79 Å². The number of ether oxygens (including phenoxy) is 2. The Morgan fingerprint density at radius 3 is 2.47 bits per heavy atom. The molecule has 9 nitrogen and oxygen atoms in total. The van der Waals surface area contributed by atoms with Gasteiger partial charge in [-0.2, -0.15) is 15.3 Å². The molecule has 0 aliphatic rings. The number of carbonyl (C=O) groups excluding carboxylic acids is 1. The van der Waals surface area contributed by atoms with Gasteiger partial charge in [-0.05, 0) is 57.2 Å². The summed E-state index contributed by atoms with van der Waals surface area (Å²) in [6.45, 7) is 5.70. The first-order valence-corrected chi connectivity index (χ1v) is 10.7. The van der Waals surface area contributed by atoms with E-state index in [-0.39, 0.29) is 0 Å². The van der Waals surface area contributed by atoms with Crippen LogP contribution in [-0.2, 0) is 0 Å². The molecule has 0 saturated heterocycles. The van der Waals surface area contributed by atoms with Gasteiger partial charge < -0.3 is 9.47 Å². The van der Waals surface area contributed by atoms with Crippen LogP contribution in [0.2, 0.25) is 0 Å². The first-order chi connectivity index (χ1) is 16.4. The zero-order chi connectivity index (χ0) is 24.2. The highest BCUT2D eigenvalue weighted by Crippen LogP contribution is 2.29. The molecule has 34 heavy (non-hydrogen) atoms. The Hall–Kier alpha value is -4.40. The number of nitrogens with one attached hydrogen (secondary N) is 2. The van der Waals surface area contributed by atoms with Crippen LogP contribution in [0.3, 0.4) is 0 Å². The maximum Gasteiger partial charge on any atom is 0.289 e. The van der Waals surface area contributed by atoms with Crippen molar-refractivity contribution >= 4 is 11.6 Å². The smallest absolute Gasteiger partial charge is 0.289 e. The zero-order valence-electron chi connectivity index (χ0n) is 19.7. The van der Waals surface area contributed by atoms with Gasteiger partial charge in [-0.15, -0.1) is 0 Å². The number of H-pyrrole nitrogens is 1. The van der Waals surface area contributed by atoms with E-state index < -0.39 is 5.91 Å². The monoisotopic (exact) mass is 458 g/mol. The van der Waals surface area contributed by atoms with Gasteiger partial charge in [0.05, 0.1) is 42.7 Å². The number of amides is 1. The first-order valence-electron chi connectivity index (χ1n) is 10.7. The van der Waals surface area contributed by atoms with Crippen molar-refractivity contribution < 1.29 is 14.3 Å². The number of nitrogens with zero attached hydrogens (tertiary/aromatic N) is 4. The molecule has 2 N–H and O–H groups in total. The van der Waals surface area contributed by atoms with Crippen molar-refractivity contribution in [1.29, 1.82) is 0 Å². The summed E-state index contributed by atoms with van der Waals surface area (Å²) in [4.78, 5) is 12.7. The Morgan fingerprint density at radius 2 is 1.76 bits per heavy atom. The quantitative estimate of drug-likeness (QED) is 0.321. The van der Waals surface area contributed by atoms with Crippen molar-refractivity contribution in [2.24, 2.45) is 5.10 Å². The van der Waals surface area contributed by atoms with Gasteiger partial charge in [-0.1, -0.05) is 18.2 Å². The Balaban J connectivity index is 1.53. The van der Waals surface area contributed by atoms with Crippen molar-refractivity contribution in [3.8, 4) is 28.4 Å². The largest absolute Gasteiger partial charge is 0.493 e. The molecule has 0 aliphatic heterocycles. The maximum absolute atomic E-state index is 12.7. The Bertz CT molecular complexity index is 1350. The van der Waals surface area contributed by atoms with Gasteiger partial charge >= 0.3 is 0 Å². The van der Waals surface area contributed by atoms with Crippen molar-refractivity contribution in [1.82, 2.24) is 25.4 Å². The minimum Gasteiger partial charge on any atom is -0.493 e. The number of hydrogen-bond acceptors (Lipinski definition) is 6. The number of carbonyl (C=O) groups is 1. The lowest BCUT2D eigenvalue weighted by atomic mass is 10.1. The number of aromatic amines is 1. The summed E-state index contributed by atoms with van der Waals surface area (Å²) in [6.07, 6.45) is 0. The molecule has 2 aromatic heterocycles. The number of hydrazone groups is 1. The number of hydrogen-bond donors (Lipinski definition) is 2. The molecule has 0 unspecified atom stereocenters. The Kier molecular flexibility index (Phi) is 6.44. The van der Waals surface area contributed by atoms with Crippen LogP contribution in [0.25, 0.3) is 16.9 Å². The molecule has 2 aromatic carbocycles. The summed E-state index contributed by atoms with van der Waals surface area (Å²) >= 11 is 0. The Morgan fingerprint density at radius 1 is 1.03 bits per heavy atom. The van der Waals surface area contributed by atoms with E-state index in [2.05, 4.69) is 25.8 Å². The van der Waals surface area contributed by atoms with Crippen molar-refractivity contribution in [2.75, 3.05) is 14.2 Å². The second-order valence-electron chi connectivity index (χ2n) is 7.67. The molecule has 4 aromatic rings. The van der Waals surface area contributed by atoms with Gasteiger partial charge in [-0.3, -0.25) is 9.89 Å². The number of benzene rings is 2. The van der Waals surface area contributed by atoms with E-state index in [0.717, 1.165) is 28.2 Å². The van der Waals surface area contributed by atoms with E-state index in [4.69, 9.17) is 9.47 Å². The van der Waals surface area contributed by atoms with E-state index in [0.29, 0.717) is 28.6 Å². The molecule has 9 heteroatoms. The maximum atomic E-state index is 12.7. The molecule has 4 rings (SSSR count). The third kappa shape index (κ3) is 4.40. The van der Waals surface area contributed by atoms with Crippen LogP contribution in [0, 0.1) is 13.8 Å². The highest BCUT2D eigenvalue weighted by molar-refractivity contribution is 6.01. The molecule has 0 spiro atoms. The highest BCUT2D eigenvalue weighted by Gasteiger charge is 2.19. The minimum absolute atomic E-state index is 0.296. The van der Waals surface area contributed by atoms with Crippen LogP contribution in [-0.4, -0.2) is 45.8 Å². The third-order valence-corrected chi connectivity index (χ3v) is 5.50. The number of methoxy groups -OCH3 is 2. The van der Waals surface area contributed by atoms with Crippen LogP contribution >= 0.6 is 0 Å². The predicted octanol–water partition coefficient (Wildman–Crippen LogP) is 4.05. The second-order valence-corrected chi connectivity index (χ2v) is 7.67. The molecule has 0 atom stereocenters. The zero-order valence-corrected chi connectivity index (χ0v) is 19.7. The topological polar surface area (TPSA) is 106 Å². The molecule has 0 radical (unpaired) electrons. The number of para-hydroxylation sites is 1. The summed E-state index contributed by atoms with van der Waals surface area (Å²) in [5.74, 6) is 0.805. The van der Waals surface area contributed by atoms with Crippen LogP contribution < -0.4 is 14.9 Å². The molecule has 0 bridgehead atoms. The standard InChI is InChI=1S/C25H26N6O3/c1-15(18-11-12-22(33-4)23(13-18)34-5)26-29-25(32)21-14-20(27-28-21)24-16(2)30-31(17(24)3)19-9-7-6-8-10-19/h6-14H,1-5H3,(H,27,28)(H,29,32)/b26-15-. The fraction of sp³-hybridized carbons (Fsp3) is 0.200. The fourth-order valence-electron chi connectivity index (χ4n) is 3.72. The molecule has 1 amide bonds. The van der Waals surface area contributed by atoms with Crippen molar-refractivity contribution in [3.63, 3.8) is 0 Å². The lowest BCUT2D eigenvalue weighted by Gasteiger charge is -2.09. The average Bonchev–Trinajstić information content (AvgIpc) is 3.46. The summed E-state index contributed by atoms with van der Waals surface area (Å²) in [7, 11) is 3.14. The number of aromatic nitrogens is 4. The van der Waals surface area contributed by atoms with E-state index >= 15 is 0 Å². The summed E-state index contributed by atoms with van der Waals surface area (Å²) < 4.78 is 12.5. The molecule has 174 valence electrons. The summed E-state index contributed by atoms with van der Waals surface area (Å²) in [6, 6.07) is 17.0. The first kappa shape index (κ1) is 22.8. The minimum atomic E-state index is -0.399. The lowest BCUT2D eigenvalue weighted by Crippen LogP contribution is -2.19. The lowest BCUT2D eigenvalue weighted by molar-refractivity contribution is 0.0950. The molecular formula is C25H26N6O3. The van der Waals surface area contributed by atoms with Gasteiger partial charge in [0.25, 0.3) is 5.91 Å². The van der Waals surface area contributed by atoms with Crippen molar-refractivity contribution in [2.45, 2.75) is 20.8 Å². The molecule has 0 fully saturated rings. The van der Waals surface area contributed by atoms with Crippen LogP contribution in [0.15, 0.2) is 59.7 Å². The highest BCUT2D eigenvalue weighted by atomic mass is 16.5. The predicted molar refractivity (Wildman–Crippen MR) is 130 cm³/mol. The third-order valence-electron chi connectivity index (χ3n) is 5.50. The normalized spacial score (nSPS) is 11.4. The van der Waals surface area contributed by atoms with Crippen LogP contribution in [0.4, 0.5) is 0 Å². The van der Waals surface area contributed by atoms with E-state index in [1.807, 2.05) is 54.9 Å². The van der Waals surface area contributed by atoms with Crippen LogP contribution in [0.1, 0.15) is 34.4 Å². The van der Waals surface area contributed by atoms with E-state index in [1.54, 1.807) is 39.3 Å². The molecule has 0 saturated carbocycles. The average molecular weight is 459 g/mol. The van der Waals surface area contributed by atoms with Crippen LogP contribution in [0.5, 0.6) is 11.5 Å². The Labute approximate surface area is 197 Å². The van der Waals surface area contributed by atoms with Gasteiger partial charge in [0, 0.05) is 11.1 Å². The van der Waals surface area contributed by atoms with Gasteiger partial charge in [0.1, 0.15) is 5.69 Å².